The van der Waals surface area contributed by atoms with E-state index in [1.165, 1.54) is 7.11 Å². The number of piperazine rings is 1. The summed E-state index contributed by atoms with van der Waals surface area (Å²) in [5.41, 5.74) is 2.52. The third kappa shape index (κ3) is 5.16. The fraction of sp³-hybridized carbons (Fsp3) is 0.350. The van der Waals surface area contributed by atoms with Crippen molar-refractivity contribution in [1.29, 1.82) is 0 Å². The van der Waals surface area contributed by atoms with Crippen LogP contribution in [-0.4, -0.2) is 68.8 Å². The zero-order chi connectivity index (χ0) is 19.9. The summed E-state index contributed by atoms with van der Waals surface area (Å²) in [7, 11) is 3.23. The van der Waals surface area contributed by atoms with Crippen LogP contribution in [0.5, 0.6) is 0 Å². The Hall–Kier alpha value is -2.84. The second-order valence-corrected chi connectivity index (χ2v) is 6.52. The van der Waals surface area contributed by atoms with Crippen molar-refractivity contribution in [2.24, 2.45) is 0 Å². The molecule has 1 fully saturated rings. The molecule has 156 valence electrons. The molecule has 1 N–H and O–H groups in total. The van der Waals surface area contributed by atoms with Crippen LogP contribution < -0.4 is 15.1 Å². The maximum atomic E-state index is 12.6. The van der Waals surface area contributed by atoms with E-state index in [1.807, 2.05) is 42.3 Å². The first-order chi connectivity index (χ1) is 13.7. The lowest BCUT2D eigenvalue weighted by atomic mass is 10.2. The Morgan fingerprint density at radius 3 is 2.45 bits per heavy atom. The number of ether oxygens (including phenoxy) is 1. The zero-order valence-corrected chi connectivity index (χ0v) is 17.3. The minimum Gasteiger partial charge on any atom is -0.466 e. The number of carbonyl (C=O) groups is 2. The van der Waals surface area contributed by atoms with Crippen molar-refractivity contribution in [1.82, 2.24) is 9.88 Å². The molecule has 1 atom stereocenters. The summed E-state index contributed by atoms with van der Waals surface area (Å²) in [5.74, 6) is -0.333. The number of benzene rings is 1. The van der Waals surface area contributed by atoms with Crippen LogP contribution in [0.1, 0.15) is 0 Å². The molecule has 1 aliphatic heterocycles. The fourth-order valence-corrected chi connectivity index (χ4v) is 3.54. The van der Waals surface area contributed by atoms with Crippen molar-refractivity contribution < 1.29 is 14.3 Å². The van der Waals surface area contributed by atoms with Gasteiger partial charge in [0.1, 0.15) is 0 Å². The monoisotopic (exact) mass is 419 g/mol. The largest absolute Gasteiger partial charge is 0.466 e. The standard InChI is InChI=1S/C20H25N5O3.ClH/c1-23(18-6-4-3-5-17(18)22-15-26)19(20(27)28-2)25-13-11-24(12-14-25)16-7-9-21-10-8-16;/h3-10,15,19H,11-14H2,1-2H3,(H,22,26);1H/t19-;/m0./s1. The van der Waals surface area contributed by atoms with E-state index in [-0.39, 0.29) is 18.4 Å². The number of para-hydroxylation sites is 2. The van der Waals surface area contributed by atoms with Gasteiger partial charge in [-0.2, -0.15) is 0 Å². The summed E-state index contributed by atoms with van der Waals surface area (Å²) >= 11 is 0. The lowest BCUT2D eigenvalue weighted by Gasteiger charge is -2.42. The zero-order valence-electron chi connectivity index (χ0n) is 16.5. The molecule has 1 saturated heterocycles. The Labute approximate surface area is 176 Å². The van der Waals surface area contributed by atoms with E-state index in [4.69, 9.17) is 4.74 Å². The highest BCUT2D eigenvalue weighted by atomic mass is 35.5. The maximum Gasteiger partial charge on any atom is 0.343 e. The van der Waals surface area contributed by atoms with Crippen LogP contribution in [0.2, 0.25) is 0 Å². The van der Waals surface area contributed by atoms with Gasteiger partial charge < -0.3 is 19.9 Å². The Bertz CT molecular complexity index is 800. The summed E-state index contributed by atoms with van der Waals surface area (Å²) in [5, 5.41) is 2.69. The first-order valence-electron chi connectivity index (χ1n) is 9.14. The Kier molecular flexibility index (Phi) is 8.23. The van der Waals surface area contributed by atoms with E-state index < -0.39 is 6.17 Å². The molecule has 0 spiro atoms. The molecule has 1 aromatic carbocycles. The van der Waals surface area contributed by atoms with Gasteiger partial charge in [0.25, 0.3) is 0 Å². The van der Waals surface area contributed by atoms with E-state index in [0.29, 0.717) is 25.2 Å². The molecule has 2 heterocycles. The fourth-order valence-electron chi connectivity index (χ4n) is 3.54. The predicted octanol–water partition coefficient (Wildman–Crippen LogP) is 1.83. The summed E-state index contributed by atoms with van der Waals surface area (Å²) in [4.78, 5) is 33.8. The minimum atomic E-state index is -0.584. The first kappa shape index (κ1) is 22.4. The van der Waals surface area contributed by atoms with Gasteiger partial charge in [0.15, 0.2) is 6.17 Å². The molecule has 1 aliphatic rings. The summed E-state index contributed by atoms with van der Waals surface area (Å²) in [6.45, 7) is 2.99. The quantitative estimate of drug-likeness (QED) is 0.541. The number of aromatic nitrogens is 1. The predicted molar refractivity (Wildman–Crippen MR) is 116 cm³/mol. The van der Waals surface area contributed by atoms with E-state index >= 15 is 0 Å². The Morgan fingerprint density at radius 2 is 1.83 bits per heavy atom. The number of likely N-dealkylation sites (N-methyl/N-ethyl adjacent to an activating group) is 1. The topological polar surface area (TPSA) is 78.0 Å². The van der Waals surface area contributed by atoms with Gasteiger partial charge in [-0.05, 0) is 24.3 Å². The van der Waals surface area contributed by atoms with Gasteiger partial charge >= 0.3 is 5.97 Å². The number of nitrogens with one attached hydrogen (secondary N) is 1. The number of halogens is 1. The summed E-state index contributed by atoms with van der Waals surface area (Å²) < 4.78 is 5.09. The Morgan fingerprint density at radius 1 is 1.17 bits per heavy atom. The molecule has 3 rings (SSSR count). The number of amides is 1. The molecule has 1 aromatic heterocycles. The van der Waals surface area contributed by atoms with Crippen molar-refractivity contribution in [3.05, 3.63) is 48.8 Å². The lowest BCUT2D eigenvalue weighted by molar-refractivity contribution is -0.147. The van der Waals surface area contributed by atoms with Gasteiger partial charge in [-0.15, -0.1) is 12.4 Å². The number of hydrogen-bond donors (Lipinski definition) is 1. The van der Waals surface area contributed by atoms with Crippen LogP contribution in [0.3, 0.4) is 0 Å². The van der Waals surface area contributed by atoms with Gasteiger partial charge in [-0.25, -0.2) is 4.79 Å². The SMILES string of the molecule is COC(=O)[C@H](N1CCN(c2ccncc2)CC1)N(C)c1ccccc1NC=O.Cl. The van der Waals surface area contributed by atoms with E-state index in [0.717, 1.165) is 24.5 Å². The van der Waals surface area contributed by atoms with Crippen LogP contribution in [0.25, 0.3) is 0 Å². The number of hydrogen-bond acceptors (Lipinski definition) is 7. The van der Waals surface area contributed by atoms with Crippen LogP contribution in [0, 0.1) is 0 Å². The van der Waals surface area contributed by atoms with Gasteiger partial charge in [-0.3, -0.25) is 14.7 Å². The van der Waals surface area contributed by atoms with Crippen molar-refractivity contribution in [2.75, 3.05) is 55.5 Å². The second kappa shape index (κ2) is 10.6. The van der Waals surface area contributed by atoms with Crippen LogP contribution in [0.15, 0.2) is 48.8 Å². The molecule has 29 heavy (non-hydrogen) atoms. The average Bonchev–Trinajstić information content (AvgIpc) is 2.75. The van der Waals surface area contributed by atoms with Crippen LogP contribution >= 0.6 is 12.4 Å². The van der Waals surface area contributed by atoms with Gasteiger partial charge in [0.2, 0.25) is 6.41 Å². The second-order valence-electron chi connectivity index (χ2n) is 6.52. The normalized spacial score (nSPS) is 15.0. The third-order valence-electron chi connectivity index (χ3n) is 4.97. The van der Waals surface area contributed by atoms with Crippen LogP contribution in [0.4, 0.5) is 17.1 Å². The molecule has 9 heteroatoms. The molecule has 8 nitrogen and oxygen atoms in total. The number of esters is 1. The number of pyridine rings is 1. The number of carbonyl (C=O) groups excluding carboxylic acids is 2. The van der Waals surface area contributed by atoms with E-state index in [2.05, 4.69) is 20.1 Å². The van der Waals surface area contributed by atoms with Crippen molar-refractivity contribution in [3.63, 3.8) is 0 Å². The van der Waals surface area contributed by atoms with Gasteiger partial charge in [0, 0.05) is 51.3 Å². The summed E-state index contributed by atoms with van der Waals surface area (Å²) in [6.07, 6.45) is 3.61. The highest BCUT2D eigenvalue weighted by molar-refractivity contribution is 5.86. The van der Waals surface area contributed by atoms with Crippen molar-refractivity contribution in [3.8, 4) is 0 Å². The summed E-state index contributed by atoms with van der Waals surface area (Å²) in [6, 6.07) is 11.4. The molecular weight excluding hydrogens is 394 g/mol. The third-order valence-corrected chi connectivity index (χ3v) is 4.97. The molecule has 2 aromatic rings. The number of anilines is 3. The molecule has 0 radical (unpaired) electrons. The van der Waals surface area contributed by atoms with E-state index in [9.17, 15) is 9.59 Å². The highest BCUT2D eigenvalue weighted by Crippen LogP contribution is 2.28. The number of methoxy groups -OCH3 is 1. The molecule has 1 amide bonds. The first-order valence-corrected chi connectivity index (χ1v) is 9.14. The van der Waals surface area contributed by atoms with Gasteiger partial charge in [-0.1, -0.05) is 12.1 Å². The number of nitrogens with zero attached hydrogens (tertiary/aromatic N) is 4. The molecule has 0 unspecified atom stereocenters. The smallest absolute Gasteiger partial charge is 0.343 e. The van der Waals surface area contributed by atoms with Crippen molar-refractivity contribution in [2.45, 2.75) is 6.17 Å². The average molecular weight is 420 g/mol. The molecule has 0 aliphatic carbocycles. The molecular formula is C20H26ClN5O3. The number of rotatable bonds is 7. The lowest BCUT2D eigenvalue weighted by Crippen LogP contribution is -2.58. The minimum absolute atomic E-state index is 0. The van der Waals surface area contributed by atoms with Gasteiger partial charge in [0.05, 0.1) is 18.5 Å². The molecule has 0 bridgehead atoms. The van der Waals surface area contributed by atoms with Crippen molar-refractivity contribution >= 4 is 41.8 Å². The maximum absolute atomic E-state index is 12.6. The van der Waals surface area contributed by atoms with E-state index in [1.54, 1.807) is 18.5 Å². The highest BCUT2D eigenvalue weighted by Gasteiger charge is 2.34. The van der Waals surface area contributed by atoms with Crippen LogP contribution in [-0.2, 0) is 14.3 Å². The Balaban J connectivity index is 0.00000300. The molecule has 0 saturated carbocycles.